The zero-order valence-electron chi connectivity index (χ0n) is 12.3. The second kappa shape index (κ2) is 8.15. The predicted octanol–water partition coefficient (Wildman–Crippen LogP) is 1.59. The number of rotatable bonds is 8. The lowest BCUT2D eigenvalue weighted by Crippen LogP contribution is -2.33. The Kier molecular flexibility index (Phi) is 6.84. The summed E-state index contributed by atoms with van der Waals surface area (Å²) in [7, 11) is 1.66. The third-order valence-corrected chi connectivity index (χ3v) is 3.30. The maximum Gasteiger partial charge on any atom is 0.122 e. The summed E-state index contributed by atoms with van der Waals surface area (Å²) in [5.41, 5.74) is 3.64. The summed E-state index contributed by atoms with van der Waals surface area (Å²) < 4.78 is 10.6. The molecular weight excluding hydrogens is 242 g/mol. The molecule has 0 bridgehead atoms. The zero-order valence-corrected chi connectivity index (χ0v) is 12.3. The zero-order chi connectivity index (χ0) is 14.3. The van der Waals surface area contributed by atoms with Gasteiger partial charge in [0.05, 0.1) is 6.61 Å². The van der Waals surface area contributed by atoms with Crippen molar-refractivity contribution in [2.75, 3.05) is 33.4 Å². The van der Waals surface area contributed by atoms with Gasteiger partial charge in [-0.05, 0) is 43.5 Å². The molecule has 0 aliphatic heterocycles. The number of aryl methyl sites for hydroxylation is 1. The number of methoxy groups -OCH3 is 1. The van der Waals surface area contributed by atoms with Gasteiger partial charge in [0.1, 0.15) is 18.5 Å². The van der Waals surface area contributed by atoms with Crippen molar-refractivity contribution in [2.24, 2.45) is 0 Å². The van der Waals surface area contributed by atoms with Crippen LogP contribution >= 0.6 is 0 Å². The highest BCUT2D eigenvalue weighted by molar-refractivity contribution is 5.42. The van der Waals surface area contributed by atoms with Crippen LogP contribution in [0.4, 0.5) is 0 Å². The van der Waals surface area contributed by atoms with Crippen LogP contribution in [0.15, 0.2) is 12.1 Å². The molecule has 1 aromatic carbocycles. The fourth-order valence-corrected chi connectivity index (χ4v) is 1.78. The Morgan fingerprint density at radius 2 is 1.95 bits per heavy atom. The summed E-state index contributed by atoms with van der Waals surface area (Å²) in [5.74, 6) is 0.846. The molecule has 1 atom stereocenters. The van der Waals surface area contributed by atoms with Crippen LogP contribution in [0.1, 0.15) is 16.7 Å². The van der Waals surface area contributed by atoms with Crippen molar-refractivity contribution in [3.8, 4) is 5.75 Å². The molecule has 0 saturated heterocycles. The third-order valence-electron chi connectivity index (χ3n) is 3.30. The van der Waals surface area contributed by atoms with Gasteiger partial charge in [-0.25, -0.2) is 0 Å². The van der Waals surface area contributed by atoms with Crippen molar-refractivity contribution in [2.45, 2.75) is 26.9 Å². The molecule has 2 N–H and O–H groups in total. The molecule has 0 heterocycles. The minimum atomic E-state index is -0.516. The smallest absolute Gasteiger partial charge is 0.122 e. The van der Waals surface area contributed by atoms with E-state index in [0.717, 1.165) is 17.9 Å². The Hall–Kier alpha value is -1.10. The van der Waals surface area contributed by atoms with Crippen LogP contribution in [-0.2, 0) is 4.74 Å². The van der Waals surface area contributed by atoms with E-state index in [2.05, 4.69) is 19.2 Å². The quantitative estimate of drug-likeness (QED) is 0.702. The second-order valence-electron chi connectivity index (χ2n) is 4.79. The molecule has 1 unspecified atom stereocenters. The Bertz CT molecular complexity index is 393. The number of ether oxygens (including phenoxy) is 2. The monoisotopic (exact) mass is 267 g/mol. The molecule has 0 amide bonds. The molecule has 4 heteroatoms. The Morgan fingerprint density at radius 1 is 1.21 bits per heavy atom. The largest absolute Gasteiger partial charge is 0.491 e. The van der Waals surface area contributed by atoms with Crippen LogP contribution in [0, 0.1) is 20.8 Å². The molecule has 108 valence electrons. The van der Waals surface area contributed by atoms with E-state index in [-0.39, 0.29) is 0 Å². The van der Waals surface area contributed by atoms with E-state index in [1.165, 1.54) is 11.1 Å². The number of nitrogens with one attached hydrogen (secondary N) is 1. The van der Waals surface area contributed by atoms with Crippen molar-refractivity contribution in [1.29, 1.82) is 0 Å². The van der Waals surface area contributed by atoms with Gasteiger partial charge in [0, 0.05) is 20.2 Å². The summed E-state index contributed by atoms with van der Waals surface area (Å²) >= 11 is 0. The van der Waals surface area contributed by atoms with Crippen LogP contribution in [-0.4, -0.2) is 44.6 Å². The molecule has 0 aliphatic carbocycles. The van der Waals surface area contributed by atoms with Gasteiger partial charge >= 0.3 is 0 Å². The lowest BCUT2D eigenvalue weighted by Gasteiger charge is -2.16. The topological polar surface area (TPSA) is 50.7 Å². The van der Waals surface area contributed by atoms with Crippen LogP contribution in [0.25, 0.3) is 0 Å². The van der Waals surface area contributed by atoms with Crippen LogP contribution in [0.2, 0.25) is 0 Å². The highest BCUT2D eigenvalue weighted by Gasteiger charge is 2.08. The first kappa shape index (κ1) is 16.0. The van der Waals surface area contributed by atoms with E-state index in [1.807, 2.05) is 19.1 Å². The van der Waals surface area contributed by atoms with Gasteiger partial charge in [-0.2, -0.15) is 0 Å². The SMILES string of the molecule is COCCNCC(O)COc1ccc(C)c(C)c1C. The molecule has 0 aromatic heterocycles. The van der Waals surface area contributed by atoms with Gasteiger partial charge in [0.25, 0.3) is 0 Å². The molecule has 4 nitrogen and oxygen atoms in total. The molecule has 1 rings (SSSR count). The van der Waals surface area contributed by atoms with Crippen LogP contribution in [0.5, 0.6) is 5.75 Å². The van der Waals surface area contributed by atoms with Crippen molar-refractivity contribution in [3.05, 3.63) is 28.8 Å². The lowest BCUT2D eigenvalue weighted by molar-refractivity contribution is 0.103. The average Bonchev–Trinajstić information content (AvgIpc) is 2.40. The number of hydrogen-bond acceptors (Lipinski definition) is 4. The maximum absolute atomic E-state index is 9.80. The predicted molar refractivity (Wildman–Crippen MR) is 76.9 cm³/mol. The molecule has 0 saturated carbocycles. The maximum atomic E-state index is 9.80. The molecule has 1 aromatic rings. The van der Waals surface area contributed by atoms with E-state index in [9.17, 15) is 5.11 Å². The first-order valence-electron chi connectivity index (χ1n) is 6.63. The fourth-order valence-electron chi connectivity index (χ4n) is 1.78. The van der Waals surface area contributed by atoms with Gasteiger partial charge in [0.2, 0.25) is 0 Å². The van der Waals surface area contributed by atoms with Crippen molar-refractivity contribution in [1.82, 2.24) is 5.32 Å². The van der Waals surface area contributed by atoms with Crippen LogP contribution in [0.3, 0.4) is 0 Å². The van der Waals surface area contributed by atoms with E-state index >= 15 is 0 Å². The van der Waals surface area contributed by atoms with E-state index < -0.39 is 6.10 Å². The summed E-state index contributed by atoms with van der Waals surface area (Å²) in [6, 6.07) is 4.00. The lowest BCUT2D eigenvalue weighted by atomic mass is 10.0. The molecule has 0 spiro atoms. The second-order valence-corrected chi connectivity index (χ2v) is 4.79. The van der Waals surface area contributed by atoms with E-state index in [0.29, 0.717) is 19.8 Å². The summed E-state index contributed by atoms with van der Waals surface area (Å²) in [5, 5.41) is 12.9. The minimum absolute atomic E-state index is 0.295. The molecule has 19 heavy (non-hydrogen) atoms. The molecule has 0 fully saturated rings. The Balaban J connectivity index is 2.38. The average molecular weight is 267 g/mol. The molecule has 0 aliphatic rings. The Morgan fingerprint density at radius 3 is 2.63 bits per heavy atom. The van der Waals surface area contributed by atoms with Crippen molar-refractivity contribution < 1.29 is 14.6 Å². The van der Waals surface area contributed by atoms with Gasteiger partial charge in [-0.1, -0.05) is 6.07 Å². The highest BCUT2D eigenvalue weighted by Crippen LogP contribution is 2.23. The number of aliphatic hydroxyl groups is 1. The van der Waals surface area contributed by atoms with Gasteiger partial charge in [-0.15, -0.1) is 0 Å². The summed E-state index contributed by atoms with van der Waals surface area (Å²) in [6.07, 6.45) is -0.516. The number of hydrogen-bond donors (Lipinski definition) is 2. The van der Waals surface area contributed by atoms with E-state index in [4.69, 9.17) is 9.47 Å². The van der Waals surface area contributed by atoms with E-state index in [1.54, 1.807) is 7.11 Å². The molecular formula is C15H25NO3. The number of aliphatic hydroxyl groups excluding tert-OH is 1. The first-order valence-corrected chi connectivity index (χ1v) is 6.63. The minimum Gasteiger partial charge on any atom is -0.491 e. The fraction of sp³-hybridized carbons (Fsp3) is 0.600. The third kappa shape index (κ3) is 5.19. The molecule has 0 radical (unpaired) electrons. The summed E-state index contributed by atoms with van der Waals surface area (Å²) in [6.45, 7) is 8.39. The summed E-state index contributed by atoms with van der Waals surface area (Å²) in [4.78, 5) is 0. The highest BCUT2D eigenvalue weighted by atomic mass is 16.5. The Labute approximate surface area is 115 Å². The van der Waals surface area contributed by atoms with Gasteiger partial charge in [0.15, 0.2) is 0 Å². The van der Waals surface area contributed by atoms with Crippen LogP contribution < -0.4 is 10.1 Å². The van der Waals surface area contributed by atoms with Gasteiger partial charge < -0.3 is 19.9 Å². The van der Waals surface area contributed by atoms with Crippen molar-refractivity contribution >= 4 is 0 Å². The first-order chi connectivity index (χ1) is 9.06. The standard InChI is InChI=1S/C15H25NO3/c1-11-5-6-15(13(3)12(11)2)19-10-14(17)9-16-7-8-18-4/h5-6,14,16-17H,7-10H2,1-4H3. The number of benzene rings is 1. The van der Waals surface area contributed by atoms with Gasteiger partial charge in [-0.3, -0.25) is 0 Å². The normalized spacial score (nSPS) is 12.5. The van der Waals surface area contributed by atoms with Crippen molar-refractivity contribution in [3.63, 3.8) is 0 Å².